The van der Waals surface area contributed by atoms with E-state index in [4.69, 9.17) is 18.9 Å². The van der Waals surface area contributed by atoms with Crippen molar-refractivity contribution in [3.05, 3.63) is 29.8 Å². The summed E-state index contributed by atoms with van der Waals surface area (Å²) in [7, 11) is 3.15. The van der Waals surface area contributed by atoms with Crippen LogP contribution < -0.4 is 9.47 Å². The van der Waals surface area contributed by atoms with Gasteiger partial charge in [-0.2, -0.15) is 0 Å². The Bertz CT molecular complexity index is 516. The van der Waals surface area contributed by atoms with E-state index in [9.17, 15) is 0 Å². The van der Waals surface area contributed by atoms with Crippen molar-refractivity contribution in [2.75, 3.05) is 40.1 Å². The Balaban J connectivity index is 2.10. The first-order valence-electron chi connectivity index (χ1n) is 6.56. The first-order valence-corrected chi connectivity index (χ1v) is 7.55. The maximum absolute atomic E-state index is 5.52. The van der Waals surface area contributed by atoms with Crippen molar-refractivity contribution in [3.63, 3.8) is 0 Å². The van der Waals surface area contributed by atoms with Crippen LogP contribution in [0.1, 0.15) is 5.56 Å². The molecule has 2 rings (SSSR count). The van der Waals surface area contributed by atoms with E-state index in [1.54, 1.807) is 26.0 Å². The van der Waals surface area contributed by atoms with E-state index in [-0.39, 0.29) is 13.6 Å². The molecule has 114 valence electrons. The van der Waals surface area contributed by atoms with Gasteiger partial charge in [0, 0.05) is 26.5 Å². The summed E-state index contributed by atoms with van der Waals surface area (Å²) in [5.74, 6) is 2.31. The van der Waals surface area contributed by atoms with Crippen LogP contribution in [0.25, 0.3) is 6.08 Å². The third-order valence-corrected chi connectivity index (χ3v) is 3.61. The van der Waals surface area contributed by atoms with E-state index >= 15 is 0 Å². The molecule has 6 heteroatoms. The highest BCUT2D eigenvalue weighted by molar-refractivity contribution is 8.14. The molecule has 0 unspecified atom stereocenters. The van der Waals surface area contributed by atoms with Crippen LogP contribution >= 0.6 is 11.8 Å². The topological polar surface area (TPSA) is 49.3 Å². The van der Waals surface area contributed by atoms with E-state index in [1.807, 2.05) is 30.4 Å². The maximum Gasteiger partial charge on any atom is 0.188 e. The second-order valence-corrected chi connectivity index (χ2v) is 5.32. The summed E-state index contributed by atoms with van der Waals surface area (Å²) in [6, 6.07) is 5.72. The van der Waals surface area contributed by atoms with E-state index in [2.05, 4.69) is 4.99 Å². The predicted molar refractivity (Wildman–Crippen MR) is 85.2 cm³/mol. The Morgan fingerprint density at radius 2 is 1.86 bits per heavy atom. The highest BCUT2D eigenvalue weighted by Crippen LogP contribution is 2.29. The molecule has 0 saturated heterocycles. The second kappa shape index (κ2) is 8.71. The molecule has 0 spiro atoms. The van der Waals surface area contributed by atoms with Gasteiger partial charge in [-0.15, -0.1) is 11.8 Å². The van der Waals surface area contributed by atoms with Gasteiger partial charge in [0.2, 0.25) is 0 Å². The maximum atomic E-state index is 5.52. The molecule has 1 heterocycles. The molecule has 1 aliphatic rings. The largest absolute Gasteiger partial charge is 0.464 e. The molecule has 0 N–H and O–H groups in total. The van der Waals surface area contributed by atoms with Crippen molar-refractivity contribution in [3.8, 4) is 11.5 Å². The molecule has 1 aromatic carbocycles. The molecule has 21 heavy (non-hydrogen) atoms. The highest BCUT2D eigenvalue weighted by atomic mass is 32.2. The molecule has 0 saturated carbocycles. The van der Waals surface area contributed by atoms with Crippen LogP contribution in [-0.4, -0.2) is 45.1 Å². The lowest BCUT2D eigenvalue weighted by molar-refractivity contribution is 0.0322. The number of hydrogen-bond donors (Lipinski definition) is 0. The number of thioether (sulfide) groups is 1. The van der Waals surface area contributed by atoms with Crippen LogP contribution in [0, 0.1) is 0 Å². The SMILES string of the molecule is COCOc1ccc(/C=C/C2=NCCS2)cc1OCOC. The minimum atomic E-state index is 0.166. The van der Waals surface area contributed by atoms with Crippen molar-refractivity contribution in [1.82, 2.24) is 0 Å². The van der Waals surface area contributed by atoms with Crippen molar-refractivity contribution in [1.29, 1.82) is 0 Å². The minimum absolute atomic E-state index is 0.166. The van der Waals surface area contributed by atoms with Crippen LogP contribution in [0.2, 0.25) is 0 Å². The molecule has 0 aliphatic carbocycles. The lowest BCUT2D eigenvalue weighted by Crippen LogP contribution is -2.04. The molecule has 0 fully saturated rings. The zero-order valence-electron chi connectivity index (χ0n) is 12.2. The van der Waals surface area contributed by atoms with E-state index in [0.29, 0.717) is 11.5 Å². The van der Waals surface area contributed by atoms with Gasteiger partial charge in [0.1, 0.15) is 0 Å². The summed E-state index contributed by atoms with van der Waals surface area (Å²) < 4.78 is 20.8. The van der Waals surface area contributed by atoms with Crippen LogP contribution in [0.4, 0.5) is 0 Å². The van der Waals surface area contributed by atoms with E-state index in [1.165, 1.54) is 0 Å². The third-order valence-electron chi connectivity index (χ3n) is 2.66. The first-order chi connectivity index (χ1) is 10.3. The van der Waals surface area contributed by atoms with Gasteiger partial charge in [-0.05, 0) is 23.8 Å². The molecule has 0 amide bonds. The fourth-order valence-electron chi connectivity index (χ4n) is 1.73. The van der Waals surface area contributed by atoms with Gasteiger partial charge in [-0.1, -0.05) is 12.1 Å². The Morgan fingerprint density at radius 1 is 1.10 bits per heavy atom. The van der Waals surface area contributed by atoms with Crippen LogP contribution in [0.15, 0.2) is 29.3 Å². The second-order valence-electron chi connectivity index (χ2n) is 4.21. The first kappa shape index (κ1) is 15.9. The van der Waals surface area contributed by atoms with Gasteiger partial charge in [0.05, 0.1) is 5.04 Å². The fraction of sp³-hybridized carbons (Fsp3) is 0.400. The summed E-state index contributed by atoms with van der Waals surface area (Å²) in [6.07, 6.45) is 4.03. The number of aliphatic imine (C=N–C) groups is 1. The smallest absolute Gasteiger partial charge is 0.188 e. The summed E-state index contributed by atoms with van der Waals surface area (Å²) in [6.45, 7) is 1.24. The van der Waals surface area contributed by atoms with Crippen LogP contribution in [-0.2, 0) is 9.47 Å². The van der Waals surface area contributed by atoms with E-state index < -0.39 is 0 Å². The summed E-state index contributed by atoms with van der Waals surface area (Å²) in [5, 5.41) is 1.06. The summed E-state index contributed by atoms with van der Waals surface area (Å²) in [4.78, 5) is 4.38. The number of benzene rings is 1. The van der Waals surface area contributed by atoms with Crippen LogP contribution in [0.3, 0.4) is 0 Å². The quantitative estimate of drug-likeness (QED) is 0.691. The van der Waals surface area contributed by atoms with E-state index in [0.717, 1.165) is 22.9 Å². The molecule has 1 aliphatic heterocycles. The molecular weight excluding hydrogens is 290 g/mol. The van der Waals surface area contributed by atoms with Crippen molar-refractivity contribution < 1.29 is 18.9 Å². The van der Waals surface area contributed by atoms with Crippen molar-refractivity contribution in [2.45, 2.75) is 0 Å². The van der Waals surface area contributed by atoms with Gasteiger partial charge in [0.15, 0.2) is 25.1 Å². The van der Waals surface area contributed by atoms with Gasteiger partial charge >= 0.3 is 0 Å². The van der Waals surface area contributed by atoms with Gasteiger partial charge in [-0.3, -0.25) is 4.99 Å². The van der Waals surface area contributed by atoms with Gasteiger partial charge in [0.25, 0.3) is 0 Å². The molecular formula is C15H19NO4S. The highest BCUT2D eigenvalue weighted by Gasteiger charge is 2.07. The molecule has 0 aromatic heterocycles. The Hall–Kier alpha value is -1.50. The average molecular weight is 309 g/mol. The zero-order chi connectivity index (χ0) is 14.9. The monoisotopic (exact) mass is 309 g/mol. The number of ether oxygens (including phenoxy) is 4. The molecule has 5 nitrogen and oxygen atoms in total. The van der Waals surface area contributed by atoms with Crippen molar-refractivity contribution >= 4 is 22.9 Å². The average Bonchev–Trinajstić information content (AvgIpc) is 3.03. The lowest BCUT2D eigenvalue weighted by atomic mass is 10.2. The predicted octanol–water partition coefficient (Wildman–Crippen LogP) is 2.81. The molecule has 0 atom stereocenters. The fourth-order valence-corrected chi connectivity index (χ4v) is 2.46. The zero-order valence-corrected chi connectivity index (χ0v) is 13.0. The number of methoxy groups -OCH3 is 2. The molecule has 1 aromatic rings. The third kappa shape index (κ3) is 5.08. The molecule has 0 bridgehead atoms. The normalized spacial score (nSPS) is 14.5. The Labute approximate surface area is 128 Å². The number of nitrogens with zero attached hydrogens (tertiary/aromatic N) is 1. The van der Waals surface area contributed by atoms with Gasteiger partial charge in [-0.25, -0.2) is 0 Å². The summed E-state index contributed by atoms with van der Waals surface area (Å²) in [5.41, 5.74) is 1.01. The van der Waals surface area contributed by atoms with Crippen molar-refractivity contribution in [2.24, 2.45) is 4.99 Å². The standard InChI is InChI=1S/C15H19NO4S/c1-17-10-19-13-5-3-12(9-14(13)20-11-18-2)4-6-15-16-7-8-21-15/h3-6,9H,7-8,10-11H2,1-2H3/b6-4+. The number of hydrogen-bond acceptors (Lipinski definition) is 6. The van der Waals surface area contributed by atoms with Gasteiger partial charge < -0.3 is 18.9 Å². The Morgan fingerprint density at radius 3 is 2.52 bits per heavy atom. The van der Waals surface area contributed by atoms with Crippen LogP contribution in [0.5, 0.6) is 11.5 Å². The molecule has 0 radical (unpaired) electrons. The Kier molecular flexibility index (Phi) is 6.59. The lowest BCUT2D eigenvalue weighted by Gasteiger charge is -2.12. The number of rotatable bonds is 8. The minimum Gasteiger partial charge on any atom is -0.464 e. The summed E-state index contributed by atoms with van der Waals surface area (Å²) >= 11 is 1.76.